The number of nitrogens with one attached hydrogen (secondary N) is 1. The van der Waals surface area contributed by atoms with Gasteiger partial charge in [-0.05, 0) is 36.3 Å². The highest BCUT2D eigenvalue weighted by Crippen LogP contribution is 2.28. The third-order valence-corrected chi connectivity index (χ3v) is 4.32. The van der Waals surface area contributed by atoms with Crippen LogP contribution in [0, 0.1) is 11.8 Å². The lowest BCUT2D eigenvalue weighted by Crippen LogP contribution is -2.34. The zero-order valence-electron chi connectivity index (χ0n) is 15.1. The number of rotatable bonds is 9. The quantitative estimate of drug-likeness (QED) is 0.674. The van der Waals surface area contributed by atoms with E-state index in [1.54, 1.807) is 0 Å². The van der Waals surface area contributed by atoms with E-state index in [4.69, 9.17) is 14.6 Å². The Morgan fingerprint density at radius 3 is 2.76 bits per heavy atom. The van der Waals surface area contributed by atoms with Crippen LogP contribution in [0.2, 0.25) is 0 Å². The smallest absolute Gasteiger partial charge is 0.286 e. The van der Waals surface area contributed by atoms with E-state index >= 15 is 0 Å². The third-order valence-electron chi connectivity index (χ3n) is 4.32. The Hall–Kier alpha value is -1.85. The molecule has 1 aromatic rings. The minimum absolute atomic E-state index is 0.163. The summed E-state index contributed by atoms with van der Waals surface area (Å²) in [6.45, 7) is 5.42. The molecule has 0 aromatic heterocycles. The lowest BCUT2D eigenvalue weighted by Gasteiger charge is -2.30. The number of unbranched alkanes of at least 4 members (excludes halogenated alkanes) is 1. The largest absolute Gasteiger partial charge is 0.459 e. The molecule has 1 aromatic carbocycles. The van der Waals surface area contributed by atoms with Gasteiger partial charge in [0.05, 0.1) is 6.61 Å². The van der Waals surface area contributed by atoms with Gasteiger partial charge in [-0.2, -0.15) is 0 Å². The summed E-state index contributed by atoms with van der Waals surface area (Å²) < 4.78 is 11.5. The van der Waals surface area contributed by atoms with Gasteiger partial charge < -0.3 is 19.9 Å². The number of carbonyl (C=O) groups is 1. The van der Waals surface area contributed by atoms with Gasteiger partial charge in [-0.25, -0.2) is 0 Å². The third kappa shape index (κ3) is 6.52. The summed E-state index contributed by atoms with van der Waals surface area (Å²) in [6.07, 6.45) is 3.74. The molecule has 0 unspecified atom stereocenters. The first-order valence-corrected chi connectivity index (χ1v) is 9.03. The second kappa shape index (κ2) is 10.2. The van der Waals surface area contributed by atoms with E-state index < -0.39 is 6.29 Å². The molecule has 2 rings (SSSR count). The fourth-order valence-electron chi connectivity index (χ4n) is 2.70. The van der Waals surface area contributed by atoms with Gasteiger partial charge in [0.25, 0.3) is 5.91 Å². The van der Waals surface area contributed by atoms with Gasteiger partial charge in [-0.15, -0.1) is 0 Å². The zero-order valence-corrected chi connectivity index (χ0v) is 15.1. The van der Waals surface area contributed by atoms with Crippen molar-refractivity contribution in [2.45, 2.75) is 45.9 Å². The van der Waals surface area contributed by atoms with Crippen LogP contribution in [0.1, 0.15) is 38.7 Å². The number of amides is 1. The summed E-state index contributed by atoms with van der Waals surface area (Å²) in [5.41, 5.74) is 1.05. The molecule has 0 saturated heterocycles. The molecule has 0 spiro atoms. The van der Waals surface area contributed by atoms with Crippen LogP contribution in [0.15, 0.2) is 42.2 Å². The van der Waals surface area contributed by atoms with Crippen molar-refractivity contribution in [2.24, 2.45) is 11.8 Å². The Bertz CT molecular complexity index is 556. The fourth-order valence-corrected chi connectivity index (χ4v) is 2.70. The van der Waals surface area contributed by atoms with Crippen molar-refractivity contribution in [2.75, 3.05) is 13.2 Å². The highest BCUT2D eigenvalue weighted by Gasteiger charge is 2.29. The van der Waals surface area contributed by atoms with Gasteiger partial charge in [-0.1, -0.05) is 44.2 Å². The van der Waals surface area contributed by atoms with Gasteiger partial charge in [0.15, 0.2) is 5.76 Å². The Balaban J connectivity index is 1.92. The van der Waals surface area contributed by atoms with Gasteiger partial charge in [-0.3, -0.25) is 4.79 Å². The predicted molar refractivity (Wildman–Crippen MR) is 96.5 cm³/mol. The second-order valence-corrected chi connectivity index (χ2v) is 6.69. The maximum Gasteiger partial charge on any atom is 0.286 e. The molecule has 138 valence electrons. The molecule has 0 aliphatic carbocycles. The molecule has 0 fully saturated rings. The number of allylic oxidation sites excluding steroid dienone is 1. The molecule has 2 atom stereocenters. The number of hydrogen-bond acceptors (Lipinski definition) is 4. The van der Waals surface area contributed by atoms with Gasteiger partial charge in [0.1, 0.15) is 0 Å². The molecule has 5 nitrogen and oxygen atoms in total. The number of hydrogen-bond donors (Lipinski definition) is 2. The topological polar surface area (TPSA) is 67.8 Å². The molecule has 25 heavy (non-hydrogen) atoms. The SMILES string of the molecule is CC(C)[C@@H]1C=C(C(=O)NCc2ccccc2)O[C@H](OCCCCO)C1. The van der Waals surface area contributed by atoms with Crippen LogP contribution >= 0.6 is 0 Å². The summed E-state index contributed by atoms with van der Waals surface area (Å²) in [6, 6.07) is 9.79. The molecule has 5 heteroatoms. The molecule has 1 aliphatic heterocycles. The number of aliphatic hydroxyl groups is 1. The maximum atomic E-state index is 12.5. The van der Waals surface area contributed by atoms with E-state index in [-0.39, 0.29) is 18.4 Å². The average Bonchev–Trinajstić information content (AvgIpc) is 2.64. The second-order valence-electron chi connectivity index (χ2n) is 6.69. The van der Waals surface area contributed by atoms with Crippen LogP contribution in [0.4, 0.5) is 0 Å². The summed E-state index contributed by atoms with van der Waals surface area (Å²) in [5.74, 6) is 0.782. The highest BCUT2D eigenvalue weighted by atomic mass is 16.7. The van der Waals surface area contributed by atoms with Crippen LogP contribution in [0.5, 0.6) is 0 Å². The Morgan fingerprint density at radius 2 is 2.08 bits per heavy atom. The summed E-state index contributed by atoms with van der Waals surface area (Å²) in [4.78, 5) is 12.5. The zero-order chi connectivity index (χ0) is 18.1. The Kier molecular flexibility index (Phi) is 7.95. The molecule has 0 radical (unpaired) electrons. The predicted octanol–water partition coefficient (Wildman–Crippen LogP) is 2.99. The fraction of sp³-hybridized carbons (Fsp3) is 0.550. The minimum atomic E-state index is -0.409. The molecule has 0 bridgehead atoms. The molecular weight excluding hydrogens is 318 g/mol. The lowest BCUT2D eigenvalue weighted by molar-refractivity contribution is -0.150. The molecule has 0 saturated carbocycles. The van der Waals surface area contributed by atoms with Crippen molar-refractivity contribution in [3.63, 3.8) is 0 Å². The van der Waals surface area contributed by atoms with Crippen molar-refractivity contribution < 1.29 is 19.4 Å². The van der Waals surface area contributed by atoms with E-state index in [2.05, 4.69) is 19.2 Å². The number of benzene rings is 1. The van der Waals surface area contributed by atoms with E-state index in [1.807, 2.05) is 36.4 Å². The van der Waals surface area contributed by atoms with Gasteiger partial charge >= 0.3 is 0 Å². The Labute approximate surface area is 150 Å². The van der Waals surface area contributed by atoms with E-state index in [9.17, 15) is 4.79 Å². The van der Waals surface area contributed by atoms with E-state index in [0.29, 0.717) is 31.2 Å². The lowest BCUT2D eigenvalue weighted by atomic mass is 9.90. The summed E-state index contributed by atoms with van der Waals surface area (Å²) in [7, 11) is 0. The van der Waals surface area contributed by atoms with E-state index in [1.165, 1.54) is 0 Å². The van der Waals surface area contributed by atoms with Crippen molar-refractivity contribution in [3.8, 4) is 0 Å². The maximum absolute atomic E-state index is 12.5. The number of ether oxygens (including phenoxy) is 2. The van der Waals surface area contributed by atoms with Crippen molar-refractivity contribution in [3.05, 3.63) is 47.7 Å². The monoisotopic (exact) mass is 347 g/mol. The van der Waals surface area contributed by atoms with Crippen LogP contribution in [-0.4, -0.2) is 30.5 Å². The van der Waals surface area contributed by atoms with Gasteiger partial charge in [0, 0.05) is 19.6 Å². The van der Waals surface area contributed by atoms with Crippen LogP contribution in [0.3, 0.4) is 0 Å². The molecule has 1 amide bonds. The van der Waals surface area contributed by atoms with Crippen LogP contribution in [0.25, 0.3) is 0 Å². The minimum Gasteiger partial charge on any atom is -0.459 e. The van der Waals surface area contributed by atoms with Gasteiger partial charge in [0.2, 0.25) is 6.29 Å². The first-order chi connectivity index (χ1) is 12.1. The van der Waals surface area contributed by atoms with Crippen molar-refractivity contribution >= 4 is 5.91 Å². The first-order valence-electron chi connectivity index (χ1n) is 9.03. The summed E-state index contributed by atoms with van der Waals surface area (Å²) >= 11 is 0. The van der Waals surface area contributed by atoms with Crippen LogP contribution < -0.4 is 5.32 Å². The molecule has 1 heterocycles. The first kappa shape index (κ1) is 19.5. The number of carbonyl (C=O) groups excluding carboxylic acids is 1. The molecular formula is C20H29NO4. The van der Waals surface area contributed by atoms with Crippen molar-refractivity contribution in [1.29, 1.82) is 0 Å². The van der Waals surface area contributed by atoms with E-state index in [0.717, 1.165) is 18.4 Å². The normalized spacial score (nSPS) is 20.1. The Morgan fingerprint density at radius 1 is 1.32 bits per heavy atom. The molecule has 2 N–H and O–H groups in total. The molecule has 1 aliphatic rings. The average molecular weight is 347 g/mol. The van der Waals surface area contributed by atoms with Crippen LogP contribution in [-0.2, 0) is 20.8 Å². The summed E-state index contributed by atoms with van der Waals surface area (Å²) in [5, 5.41) is 11.7. The number of aliphatic hydroxyl groups excluding tert-OH is 1. The van der Waals surface area contributed by atoms with Crippen molar-refractivity contribution in [1.82, 2.24) is 5.32 Å². The highest BCUT2D eigenvalue weighted by molar-refractivity contribution is 5.91. The standard InChI is InChI=1S/C20H29NO4/c1-15(2)17-12-18(25-19(13-17)24-11-7-6-10-22)20(23)21-14-16-8-4-3-5-9-16/h3-5,8-9,12,15,17,19,22H,6-7,10-11,13-14H2,1-2H3,(H,21,23)/t17-,19+/m1/s1.